The van der Waals surface area contributed by atoms with Gasteiger partial charge in [-0.05, 0) is 25.5 Å². The summed E-state index contributed by atoms with van der Waals surface area (Å²) < 4.78 is 8.90. The van der Waals surface area contributed by atoms with Crippen molar-refractivity contribution in [2.75, 3.05) is 20.7 Å². The summed E-state index contributed by atoms with van der Waals surface area (Å²) in [5, 5.41) is 7.22. The largest absolute Gasteiger partial charge is 0.497 e. The van der Waals surface area contributed by atoms with E-state index in [-0.39, 0.29) is 23.6 Å². The van der Waals surface area contributed by atoms with Gasteiger partial charge < -0.3 is 19.5 Å². The molecule has 0 bridgehead atoms. The lowest BCUT2D eigenvalue weighted by Crippen LogP contribution is -2.41. The van der Waals surface area contributed by atoms with Crippen LogP contribution in [0, 0.1) is 0 Å². The number of aromatic nitrogens is 4. The van der Waals surface area contributed by atoms with Crippen LogP contribution in [0.15, 0.2) is 36.7 Å². The maximum Gasteiger partial charge on any atom is 0.270 e. The molecule has 1 atom stereocenters. The Morgan fingerprint density at radius 2 is 2.16 bits per heavy atom. The maximum atomic E-state index is 13.1. The van der Waals surface area contributed by atoms with Gasteiger partial charge >= 0.3 is 0 Å². The van der Waals surface area contributed by atoms with Gasteiger partial charge in [-0.1, -0.05) is 12.1 Å². The number of carbonyl (C=O) groups is 2. The van der Waals surface area contributed by atoms with Crippen molar-refractivity contribution in [1.82, 2.24) is 29.5 Å². The van der Waals surface area contributed by atoms with Crippen LogP contribution in [0.5, 0.6) is 5.75 Å². The Hall–Kier alpha value is -3.62. The number of ether oxygens (including phenoxy) is 1. The van der Waals surface area contributed by atoms with E-state index in [4.69, 9.17) is 9.72 Å². The SMILES string of the molecule is CCN(C)C(=O)c1cnn(C)c1C(=O)N[C@@H]1CCn2cc(-c3cccc(OC)c3)nc2C1. The number of benzene rings is 1. The Labute approximate surface area is 187 Å². The summed E-state index contributed by atoms with van der Waals surface area (Å²) >= 11 is 0. The average Bonchev–Trinajstić information content (AvgIpc) is 3.41. The van der Waals surface area contributed by atoms with Crippen LogP contribution in [-0.4, -0.2) is 62.8 Å². The van der Waals surface area contributed by atoms with Crippen molar-refractivity contribution in [1.29, 1.82) is 0 Å². The van der Waals surface area contributed by atoms with Crippen molar-refractivity contribution in [2.45, 2.75) is 32.4 Å². The van der Waals surface area contributed by atoms with E-state index in [0.717, 1.165) is 35.8 Å². The Bertz CT molecular complexity index is 1150. The van der Waals surface area contributed by atoms with Gasteiger partial charge in [0.2, 0.25) is 0 Å². The van der Waals surface area contributed by atoms with Crippen LogP contribution in [0.3, 0.4) is 0 Å². The lowest BCUT2D eigenvalue weighted by Gasteiger charge is -2.24. The number of hydrogen-bond acceptors (Lipinski definition) is 5. The van der Waals surface area contributed by atoms with Crippen LogP contribution in [0.25, 0.3) is 11.3 Å². The van der Waals surface area contributed by atoms with Gasteiger partial charge in [-0.15, -0.1) is 0 Å². The van der Waals surface area contributed by atoms with Crippen LogP contribution >= 0.6 is 0 Å². The first-order valence-corrected chi connectivity index (χ1v) is 10.7. The molecule has 3 heterocycles. The van der Waals surface area contributed by atoms with Crippen LogP contribution in [0.1, 0.15) is 40.0 Å². The highest BCUT2D eigenvalue weighted by Gasteiger charge is 2.28. The predicted molar refractivity (Wildman–Crippen MR) is 120 cm³/mol. The molecule has 2 amide bonds. The van der Waals surface area contributed by atoms with Gasteiger partial charge in [-0.2, -0.15) is 5.10 Å². The molecule has 9 heteroatoms. The zero-order chi connectivity index (χ0) is 22.8. The second-order valence-corrected chi connectivity index (χ2v) is 7.98. The predicted octanol–water partition coefficient (Wildman–Crippen LogP) is 2.13. The Balaban J connectivity index is 1.50. The van der Waals surface area contributed by atoms with Gasteiger partial charge in [0.05, 0.1) is 24.6 Å². The summed E-state index contributed by atoms with van der Waals surface area (Å²) in [4.78, 5) is 32.0. The number of rotatable bonds is 6. The maximum absolute atomic E-state index is 13.1. The summed E-state index contributed by atoms with van der Waals surface area (Å²) in [5.41, 5.74) is 2.46. The molecular weight excluding hydrogens is 408 g/mol. The van der Waals surface area contributed by atoms with E-state index < -0.39 is 0 Å². The average molecular weight is 437 g/mol. The third-order valence-corrected chi connectivity index (χ3v) is 5.91. The molecular formula is C23H28N6O3. The molecule has 32 heavy (non-hydrogen) atoms. The quantitative estimate of drug-likeness (QED) is 0.639. The zero-order valence-electron chi connectivity index (χ0n) is 18.8. The molecule has 4 rings (SSSR count). The third-order valence-electron chi connectivity index (χ3n) is 5.91. The number of imidazole rings is 1. The zero-order valence-corrected chi connectivity index (χ0v) is 18.8. The summed E-state index contributed by atoms with van der Waals surface area (Å²) in [6.45, 7) is 3.20. The van der Waals surface area contributed by atoms with Gasteiger partial charge in [0.1, 0.15) is 17.3 Å². The molecule has 1 N–H and O–H groups in total. The van der Waals surface area contributed by atoms with Gasteiger partial charge in [-0.3, -0.25) is 14.3 Å². The minimum Gasteiger partial charge on any atom is -0.497 e. The van der Waals surface area contributed by atoms with Crippen LogP contribution in [-0.2, 0) is 20.0 Å². The molecule has 1 aromatic carbocycles. The first kappa shape index (κ1) is 21.6. The lowest BCUT2D eigenvalue weighted by molar-refractivity contribution is 0.0791. The van der Waals surface area contributed by atoms with Crippen LogP contribution < -0.4 is 10.1 Å². The fraction of sp³-hybridized carbons (Fsp3) is 0.391. The molecule has 0 radical (unpaired) electrons. The first-order chi connectivity index (χ1) is 15.4. The highest BCUT2D eigenvalue weighted by Crippen LogP contribution is 2.26. The molecule has 1 aliphatic heterocycles. The Kier molecular flexibility index (Phi) is 5.98. The van der Waals surface area contributed by atoms with Crippen molar-refractivity contribution in [3.8, 4) is 17.0 Å². The minimum atomic E-state index is -0.295. The van der Waals surface area contributed by atoms with E-state index >= 15 is 0 Å². The number of nitrogens with zero attached hydrogens (tertiary/aromatic N) is 5. The van der Waals surface area contributed by atoms with Crippen LogP contribution in [0.4, 0.5) is 0 Å². The monoisotopic (exact) mass is 436 g/mol. The summed E-state index contributed by atoms with van der Waals surface area (Å²) in [5.74, 6) is 1.20. The van der Waals surface area contributed by atoms with E-state index in [1.165, 1.54) is 10.9 Å². The number of hydrogen-bond donors (Lipinski definition) is 1. The highest BCUT2D eigenvalue weighted by molar-refractivity contribution is 6.06. The fourth-order valence-electron chi connectivity index (χ4n) is 3.94. The molecule has 9 nitrogen and oxygen atoms in total. The molecule has 0 saturated carbocycles. The second kappa shape index (κ2) is 8.86. The van der Waals surface area contributed by atoms with Gasteiger partial charge in [0.25, 0.3) is 11.8 Å². The molecule has 0 spiro atoms. The molecule has 168 valence electrons. The minimum absolute atomic E-state index is 0.0719. The van der Waals surface area contributed by atoms with E-state index in [0.29, 0.717) is 18.5 Å². The van der Waals surface area contributed by atoms with E-state index in [1.54, 1.807) is 26.1 Å². The van der Waals surface area contributed by atoms with Crippen molar-refractivity contribution in [2.24, 2.45) is 7.05 Å². The Morgan fingerprint density at radius 1 is 1.34 bits per heavy atom. The van der Waals surface area contributed by atoms with E-state index in [2.05, 4.69) is 15.0 Å². The molecule has 0 aliphatic carbocycles. The topological polar surface area (TPSA) is 94.3 Å². The number of aryl methyl sites for hydroxylation is 2. The molecule has 0 saturated heterocycles. The fourth-order valence-corrected chi connectivity index (χ4v) is 3.94. The standard InChI is InChI=1S/C23H28N6O3/c1-5-27(2)23(31)18-13-24-28(3)21(18)22(30)25-16-9-10-29-14-19(26-20(29)12-16)15-7-6-8-17(11-15)32-4/h6-8,11,13-14,16H,5,9-10,12H2,1-4H3,(H,25,30)/t16-/m1/s1. The van der Waals surface area contributed by atoms with Gasteiger partial charge in [0.15, 0.2) is 0 Å². The van der Waals surface area contributed by atoms with E-state index in [9.17, 15) is 9.59 Å². The molecule has 2 aromatic heterocycles. The Morgan fingerprint density at radius 3 is 2.91 bits per heavy atom. The highest BCUT2D eigenvalue weighted by atomic mass is 16.5. The third kappa shape index (κ3) is 4.10. The van der Waals surface area contributed by atoms with Crippen molar-refractivity contribution < 1.29 is 14.3 Å². The number of nitrogens with one attached hydrogen (secondary N) is 1. The smallest absolute Gasteiger partial charge is 0.270 e. The molecule has 1 aliphatic rings. The summed E-state index contributed by atoms with van der Waals surface area (Å²) in [6, 6.07) is 7.74. The molecule has 0 fully saturated rings. The normalized spacial score (nSPS) is 15.2. The number of fused-ring (bicyclic) bond motifs is 1. The van der Waals surface area contributed by atoms with Crippen LogP contribution in [0.2, 0.25) is 0 Å². The molecule has 3 aromatic rings. The first-order valence-electron chi connectivity index (χ1n) is 10.7. The van der Waals surface area contributed by atoms with Crippen molar-refractivity contribution >= 4 is 11.8 Å². The number of methoxy groups -OCH3 is 1. The molecule has 0 unspecified atom stereocenters. The van der Waals surface area contributed by atoms with Crippen molar-refractivity contribution in [3.05, 3.63) is 53.7 Å². The van der Waals surface area contributed by atoms with Gasteiger partial charge in [0, 0.05) is 51.4 Å². The summed E-state index contributed by atoms with van der Waals surface area (Å²) in [6.07, 6.45) is 4.90. The van der Waals surface area contributed by atoms with Crippen molar-refractivity contribution in [3.63, 3.8) is 0 Å². The summed E-state index contributed by atoms with van der Waals surface area (Å²) in [7, 11) is 5.02. The number of amides is 2. The number of carbonyl (C=O) groups excluding carboxylic acids is 2. The second-order valence-electron chi connectivity index (χ2n) is 7.98. The van der Waals surface area contributed by atoms with E-state index in [1.807, 2.05) is 37.4 Å². The van der Waals surface area contributed by atoms with Gasteiger partial charge in [-0.25, -0.2) is 4.98 Å². The lowest BCUT2D eigenvalue weighted by atomic mass is 10.1.